The van der Waals surface area contributed by atoms with E-state index in [1.54, 1.807) is 51.0 Å². The summed E-state index contributed by atoms with van der Waals surface area (Å²) in [5, 5.41) is 0. The van der Waals surface area contributed by atoms with Gasteiger partial charge < -0.3 is 23.7 Å². The summed E-state index contributed by atoms with van der Waals surface area (Å²) in [6, 6.07) is 10.2. The van der Waals surface area contributed by atoms with Crippen LogP contribution in [0.3, 0.4) is 0 Å². The lowest BCUT2D eigenvalue weighted by Crippen LogP contribution is -2.40. The first-order chi connectivity index (χ1) is 20.6. The molecule has 0 amide bonds. The fourth-order valence-corrected chi connectivity index (χ4v) is 5.74. The highest BCUT2D eigenvalue weighted by molar-refractivity contribution is 7.07. The fraction of sp³-hybridized carbons (Fsp3) is 0.424. The number of allylic oxidation sites excluding steroid dienone is 1. The van der Waals surface area contributed by atoms with E-state index in [4.69, 9.17) is 28.7 Å². The topological polar surface area (TPSA) is 97.6 Å². The monoisotopic (exact) mass is 608 g/mol. The van der Waals surface area contributed by atoms with Crippen molar-refractivity contribution in [1.29, 1.82) is 0 Å². The van der Waals surface area contributed by atoms with E-state index in [9.17, 15) is 9.59 Å². The van der Waals surface area contributed by atoms with Gasteiger partial charge in [0.2, 0.25) is 0 Å². The van der Waals surface area contributed by atoms with Crippen LogP contribution in [0.2, 0.25) is 0 Å². The number of thiazole rings is 1. The number of ether oxygens (including phenoxy) is 5. The van der Waals surface area contributed by atoms with E-state index in [0.717, 1.165) is 12.0 Å². The lowest BCUT2D eigenvalue weighted by molar-refractivity contribution is -0.140. The third-order valence-corrected chi connectivity index (χ3v) is 7.93. The Hall–Kier alpha value is -4.05. The van der Waals surface area contributed by atoms with Gasteiger partial charge in [0.25, 0.3) is 5.56 Å². The van der Waals surface area contributed by atoms with E-state index in [-0.39, 0.29) is 18.1 Å². The molecule has 0 N–H and O–H groups in total. The van der Waals surface area contributed by atoms with Crippen molar-refractivity contribution in [3.05, 3.63) is 78.5 Å². The lowest BCUT2D eigenvalue weighted by Gasteiger charge is -2.25. The number of nitrogens with zero attached hydrogens (tertiary/aromatic N) is 2. The smallest absolute Gasteiger partial charge is 0.338 e. The molecule has 9 nitrogen and oxygen atoms in total. The number of hydrogen-bond donors (Lipinski definition) is 0. The van der Waals surface area contributed by atoms with E-state index >= 15 is 0 Å². The highest BCUT2D eigenvalue weighted by Crippen LogP contribution is 2.36. The Kier molecular flexibility index (Phi) is 10.3. The zero-order valence-corrected chi connectivity index (χ0v) is 26.9. The van der Waals surface area contributed by atoms with Crippen molar-refractivity contribution in [2.45, 2.75) is 47.1 Å². The van der Waals surface area contributed by atoms with Crippen LogP contribution < -0.4 is 33.8 Å². The third-order valence-electron chi connectivity index (χ3n) is 6.95. The minimum absolute atomic E-state index is 0.147. The van der Waals surface area contributed by atoms with Crippen LogP contribution in [0, 0.1) is 11.8 Å². The minimum atomic E-state index is -0.776. The maximum atomic E-state index is 14.0. The number of carbonyl (C=O) groups excluding carboxylic acids is 1. The van der Waals surface area contributed by atoms with Gasteiger partial charge >= 0.3 is 5.97 Å². The minimum Gasteiger partial charge on any atom is -0.493 e. The van der Waals surface area contributed by atoms with E-state index in [2.05, 4.69) is 13.8 Å². The molecule has 1 aliphatic rings. The second-order valence-electron chi connectivity index (χ2n) is 11.1. The Morgan fingerprint density at radius 2 is 1.63 bits per heavy atom. The summed E-state index contributed by atoms with van der Waals surface area (Å²) < 4.78 is 30.2. The fourth-order valence-electron chi connectivity index (χ4n) is 4.69. The van der Waals surface area contributed by atoms with E-state index in [1.165, 1.54) is 11.3 Å². The molecule has 0 fully saturated rings. The van der Waals surface area contributed by atoms with Crippen molar-refractivity contribution >= 4 is 23.4 Å². The average molecular weight is 609 g/mol. The molecule has 0 aliphatic carbocycles. The van der Waals surface area contributed by atoms with Crippen molar-refractivity contribution in [2.75, 3.05) is 34.5 Å². The lowest BCUT2D eigenvalue weighted by atomic mass is 9.95. The van der Waals surface area contributed by atoms with E-state index in [1.807, 2.05) is 38.1 Å². The first-order valence-electron chi connectivity index (χ1n) is 14.3. The quantitative estimate of drug-likeness (QED) is 0.270. The summed E-state index contributed by atoms with van der Waals surface area (Å²) >= 11 is 1.26. The third kappa shape index (κ3) is 7.13. The zero-order valence-electron chi connectivity index (χ0n) is 26.1. The Bertz CT molecular complexity index is 1680. The Balaban J connectivity index is 1.86. The van der Waals surface area contributed by atoms with Gasteiger partial charge in [0.1, 0.15) is 0 Å². The Morgan fingerprint density at radius 1 is 0.953 bits per heavy atom. The number of hydrogen-bond acceptors (Lipinski definition) is 9. The van der Waals surface area contributed by atoms with Crippen LogP contribution in [-0.4, -0.2) is 45.1 Å². The van der Waals surface area contributed by atoms with Crippen LogP contribution in [-0.2, 0) is 9.53 Å². The van der Waals surface area contributed by atoms with Gasteiger partial charge in [-0.05, 0) is 66.6 Å². The molecular weight excluding hydrogens is 568 g/mol. The van der Waals surface area contributed by atoms with Crippen molar-refractivity contribution in [3.8, 4) is 23.0 Å². The molecule has 1 aliphatic heterocycles. The van der Waals surface area contributed by atoms with Gasteiger partial charge in [-0.3, -0.25) is 9.36 Å². The predicted octanol–water partition coefficient (Wildman–Crippen LogP) is 4.89. The Morgan fingerprint density at radius 3 is 2.28 bits per heavy atom. The molecule has 1 atom stereocenters. The number of methoxy groups -OCH3 is 3. The van der Waals surface area contributed by atoms with Gasteiger partial charge in [0, 0.05) is 0 Å². The van der Waals surface area contributed by atoms with Gasteiger partial charge in [-0.1, -0.05) is 51.2 Å². The molecule has 3 aromatic rings. The summed E-state index contributed by atoms with van der Waals surface area (Å²) in [6.45, 7) is 10.8. The molecule has 2 aromatic carbocycles. The number of benzene rings is 2. The van der Waals surface area contributed by atoms with Crippen molar-refractivity contribution in [1.82, 2.24) is 4.57 Å². The van der Waals surface area contributed by atoms with Crippen LogP contribution in [0.25, 0.3) is 6.08 Å². The number of aromatic nitrogens is 1. The van der Waals surface area contributed by atoms with Gasteiger partial charge in [0.05, 0.1) is 56.4 Å². The highest BCUT2D eigenvalue weighted by Gasteiger charge is 2.34. The number of rotatable bonds is 12. The second-order valence-corrected chi connectivity index (χ2v) is 12.1. The second kappa shape index (κ2) is 13.9. The summed E-state index contributed by atoms with van der Waals surface area (Å²) in [6.07, 6.45) is 2.68. The van der Waals surface area contributed by atoms with Gasteiger partial charge in [-0.15, -0.1) is 0 Å². The summed E-state index contributed by atoms with van der Waals surface area (Å²) in [5.74, 6) is 2.38. The van der Waals surface area contributed by atoms with Gasteiger partial charge in [-0.25, -0.2) is 9.79 Å². The van der Waals surface area contributed by atoms with Crippen molar-refractivity contribution in [3.63, 3.8) is 0 Å². The molecule has 43 heavy (non-hydrogen) atoms. The maximum absolute atomic E-state index is 14.0. The van der Waals surface area contributed by atoms with Crippen LogP contribution in [0.5, 0.6) is 23.0 Å². The van der Waals surface area contributed by atoms with E-state index < -0.39 is 12.0 Å². The molecule has 230 valence electrons. The number of fused-ring (bicyclic) bond motifs is 1. The summed E-state index contributed by atoms with van der Waals surface area (Å²) in [7, 11) is 4.70. The molecule has 0 radical (unpaired) electrons. The average Bonchev–Trinajstić information content (AvgIpc) is 3.28. The largest absolute Gasteiger partial charge is 0.493 e. The van der Waals surface area contributed by atoms with Crippen molar-refractivity contribution < 1.29 is 28.5 Å². The SMILES string of the molecule is COc1ccc(/C=c2\sc3n(c2=O)C(c2ccc(OCCC(C)C)c(OC)c2)C(C(=O)OCC(C)C)=C(C)N=3)cc1OC. The number of carbonyl (C=O) groups is 1. The molecular formula is C33H40N2O7S. The standard InChI is InChI=1S/C33H40N2O7S/c1-19(2)13-14-41-25-12-10-23(17-27(25)40-8)30-29(32(37)42-18-20(3)4)21(5)34-33-35(30)31(36)28(43-33)16-22-9-11-24(38-6)26(15-22)39-7/h9-12,15-17,19-20,30H,13-14,18H2,1-8H3/b28-16-. The first-order valence-corrected chi connectivity index (χ1v) is 15.1. The maximum Gasteiger partial charge on any atom is 0.338 e. The number of esters is 1. The molecule has 0 bridgehead atoms. The van der Waals surface area contributed by atoms with Crippen molar-refractivity contribution in [2.24, 2.45) is 16.8 Å². The molecule has 1 aromatic heterocycles. The molecule has 0 saturated carbocycles. The van der Waals surface area contributed by atoms with E-state index in [0.29, 0.717) is 61.7 Å². The van der Waals surface area contributed by atoms with Crippen LogP contribution in [0.15, 0.2) is 57.5 Å². The molecule has 0 spiro atoms. The molecule has 1 unspecified atom stereocenters. The summed E-state index contributed by atoms with van der Waals surface area (Å²) in [4.78, 5) is 32.7. The van der Waals surface area contributed by atoms with Gasteiger partial charge in [0.15, 0.2) is 27.8 Å². The Labute approximate surface area is 256 Å². The first kappa shape index (κ1) is 31.9. The molecule has 4 rings (SSSR count). The molecule has 2 heterocycles. The highest BCUT2D eigenvalue weighted by atomic mass is 32.1. The molecule has 0 saturated heterocycles. The predicted molar refractivity (Wildman–Crippen MR) is 167 cm³/mol. The van der Waals surface area contributed by atoms with Crippen LogP contribution in [0.4, 0.5) is 0 Å². The zero-order chi connectivity index (χ0) is 31.3. The van der Waals surface area contributed by atoms with Crippen LogP contribution in [0.1, 0.15) is 58.2 Å². The molecule has 10 heteroatoms. The summed E-state index contributed by atoms with van der Waals surface area (Å²) in [5.41, 5.74) is 1.96. The van der Waals surface area contributed by atoms with Gasteiger partial charge in [-0.2, -0.15) is 0 Å². The normalized spacial score (nSPS) is 14.9. The van der Waals surface area contributed by atoms with Crippen LogP contribution >= 0.6 is 11.3 Å².